The third-order valence-corrected chi connectivity index (χ3v) is 3.96. The van der Waals surface area contributed by atoms with Crippen molar-refractivity contribution < 1.29 is 14.7 Å². The van der Waals surface area contributed by atoms with Crippen LogP contribution < -0.4 is 0 Å². The largest absolute Gasteiger partial charge is 0.481 e. The highest BCUT2D eigenvalue weighted by atomic mass is 16.4. The maximum atomic E-state index is 12.1. The fraction of sp³-hybridized carbons (Fsp3) is 0.833. The van der Waals surface area contributed by atoms with Gasteiger partial charge in [0.2, 0.25) is 0 Å². The van der Waals surface area contributed by atoms with Crippen molar-refractivity contribution in [2.75, 3.05) is 13.6 Å². The number of hydrogen-bond donors (Lipinski definition) is 1. The topological polar surface area (TPSA) is 60.9 Å². The van der Waals surface area contributed by atoms with E-state index in [4.69, 9.17) is 5.11 Å². The molecule has 1 atom stereocenters. The molecule has 17 heavy (non-hydrogen) atoms. The van der Waals surface area contributed by atoms with E-state index in [9.17, 15) is 9.59 Å². The van der Waals surface area contributed by atoms with Crippen LogP contribution >= 0.6 is 0 Å². The summed E-state index contributed by atoms with van der Waals surface area (Å²) < 4.78 is 0. The van der Waals surface area contributed by atoms with Crippen LogP contribution in [0.5, 0.6) is 0 Å². The number of nitrogens with zero attached hydrogens (tertiary/aromatic N) is 2. The minimum Gasteiger partial charge on any atom is -0.481 e. The van der Waals surface area contributed by atoms with Gasteiger partial charge in [-0.3, -0.25) is 4.79 Å². The third kappa shape index (κ3) is 2.53. The summed E-state index contributed by atoms with van der Waals surface area (Å²) in [5, 5.41) is 8.69. The molecule has 1 aliphatic carbocycles. The Morgan fingerprint density at radius 3 is 2.65 bits per heavy atom. The molecule has 2 amide bonds. The fourth-order valence-corrected chi connectivity index (χ4v) is 2.88. The first-order chi connectivity index (χ1) is 8.09. The molecule has 1 N–H and O–H groups in total. The number of likely N-dealkylation sites (N-methyl/N-ethyl adjacent to an activating group) is 1. The van der Waals surface area contributed by atoms with Gasteiger partial charge in [-0.25, -0.2) is 4.79 Å². The molecule has 96 valence electrons. The monoisotopic (exact) mass is 240 g/mol. The number of carbonyl (C=O) groups excluding carboxylic acids is 1. The molecule has 2 fully saturated rings. The van der Waals surface area contributed by atoms with Crippen LogP contribution in [-0.4, -0.2) is 52.6 Å². The summed E-state index contributed by atoms with van der Waals surface area (Å²) in [7, 11) is 1.78. The number of urea groups is 1. The Hall–Kier alpha value is -1.26. The van der Waals surface area contributed by atoms with Crippen LogP contribution in [0.4, 0.5) is 4.79 Å². The average Bonchev–Trinajstić information content (AvgIpc) is 2.88. The predicted molar refractivity (Wildman–Crippen MR) is 62.8 cm³/mol. The van der Waals surface area contributed by atoms with E-state index >= 15 is 0 Å². The van der Waals surface area contributed by atoms with Gasteiger partial charge in [0, 0.05) is 26.1 Å². The lowest BCUT2D eigenvalue weighted by atomic mass is 10.1. The highest BCUT2D eigenvalue weighted by molar-refractivity contribution is 5.77. The molecule has 0 aromatic rings. The minimum absolute atomic E-state index is 0.0687. The molecule has 0 aromatic heterocycles. The SMILES string of the molecule is CN1C(=O)N(C2CCCC2)CC1CCC(=O)O. The number of aliphatic carboxylic acids is 1. The number of hydrogen-bond acceptors (Lipinski definition) is 2. The first-order valence-corrected chi connectivity index (χ1v) is 6.35. The van der Waals surface area contributed by atoms with E-state index in [0.717, 1.165) is 12.8 Å². The van der Waals surface area contributed by atoms with Gasteiger partial charge in [0.05, 0.1) is 6.04 Å². The third-order valence-electron chi connectivity index (χ3n) is 3.96. The Balaban J connectivity index is 1.93. The molecule has 2 aliphatic rings. The summed E-state index contributed by atoms with van der Waals surface area (Å²) >= 11 is 0. The van der Waals surface area contributed by atoms with Crippen molar-refractivity contribution in [3.05, 3.63) is 0 Å². The molecular formula is C12H20N2O3. The van der Waals surface area contributed by atoms with Crippen LogP contribution in [0.25, 0.3) is 0 Å². The molecule has 5 heteroatoms. The van der Waals surface area contributed by atoms with Gasteiger partial charge in [-0.05, 0) is 19.3 Å². The normalized spacial score (nSPS) is 25.9. The molecule has 1 unspecified atom stereocenters. The summed E-state index contributed by atoms with van der Waals surface area (Å²) in [6.07, 6.45) is 5.31. The van der Waals surface area contributed by atoms with Gasteiger partial charge in [0.15, 0.2) is 0 Å². The maximum Gasteiger partial charge on any atom is 0.320 e. The van der Waals surface area contributed by atoms with Crippen molar-refractivity contribution >= 4 is 12.0 Å². The van der Waals surface area contributed by atoms with E-state index in [2.05, 4.69) is 0 Å². The van der Waals surface area contributed by atoms with Crippen molar-refractivity contribution in [3.8, 4) is 0 Å². The van der Waals surface area contributed by atoms with Gasteiger partial charge in [-0.15, -0.1) is 0 Å². The first-order valence-electron chi connectivity index (χ1n) is 6.35. The number of carbonyl (C=O) groups is 2. The van der Waals surface area contributed by atoms with Crippen LogP contribution in [0.2, 0.25) is 0 Å². The lowest BCUT2D eigenvalue weighted by Gasteiger charge is -2.22. The van der Waals surface area contributed by atoms with Crippen LogP contribution in [0.3, 0.4) is 0 Å². The van der Waals surface area contributed by atoms with E-state index < -0.39 is 5.97 Å². The van der Waals surface area contributed by atoms with E-state index in [1.54, 1.807) is 11.9 Å². The van der Waals surface area contributed by atoms with Gasteiger partial charge in [0.25, 0.3) is 0 Å². The highest BCUT2D eigenvalue weighted by Gasteiger charge is 2.38. The summed E-state index contributed by atoms with van der Waals surface area (Å²) in [6, 6.07) is 0.534. The second kappa shape index (κ2) is 4.94. The Bertz CT molecular complexity index is 313. The zero-order valence-corrected chi connectivity index (χ0v) is 10.3. The summed E-state index contributed by atoms with van der Waals surface area (Å²) in [5.74, 6) is -0.787. The molecule has 2 rings (SSSR count). The summed E-state index contributed by atoms with van der Waals surface area (Å²) in [6.45, 7) is 0.702. The Morgan fingerprint density at radius 1 is 1.41 bits per heavy atom. The number of carboxylic acids is 1. The fourth-order valence-electron chi connectivity index (χ4n) is 2.88. The van der Waals surface area contributed by atoms with Crippen LogP contribution in [0, 0.1) is 0 Å². The molecule has 5 nitrogen and oxygen atoms in total. The Kier molecular flexibility index (Phi) is 3.54. The Morgan fingerprint density at radius 2 is 2.06 bits per heavy atom. The van der Waals surface area contributed by atoms with E-state index in [1.165, 1.54) is 12.8 Å². The molecule has 1 heterocycles. The summed E-state index contributed by atoms with van der Waals surface area (Å²) in [5.41, 5.74) is 0. The number of carboxylic acid groups (broad SMARTS) is 1. The second-order valence-electron chi connectivity index (χ2n) is 5.07. The van der Waals surface area contributed by atoms with Crippen molar-refractivity contribution in [1.29, 1.82) is 0 Å². The van der Waals surface area contributed by atoms with Crippen molar-refractivity contribution in [1.82, 2.24) is 9.80 Å². The summed E-state index contributed by atoms with van der Waals surface area (Å²) in [4.78, 5) is 26.3. The molecule has 0 spiro atoms. The van der Waals surface area contributed by atoms with E-state index in [-0.39, 0.29) is 18.5 Å². The van der Waals surface area contributed by atoms with Crippen molar-refractivity contribution in [2.24, 2.45) is 0 Å². The average molecular weight is 240 g/mol. The molecule has 1 saturated carbocycles. The highest BCUT2D eigenvalue weighted by Crippen LogP contribution is 2.29. The first kappa shape index (κ1) is 12.2. The zero-order valence-electron chi connectivity index (χ0n) is 10.3. The molecular weight excluding hydrogens is 220 g/mol. The minimum atomic E-state index is -0.787. The van der Waals surface area contributed by atoms with Crippen LogP contribution in [0.1, 0.15) is 38.5 Å². The molecule has 0 radical (unpaired) electrons. The smallest absolute Gasteiger partial charge is 0.320 e. The Labute approximate surface area is 101 Å². The second-order valence-corrected chi connectivity index (χ2v) is 5.07. The van der Waals surface area contributed by atoms with Crippen molar-refractivity contribution in [3.63, 3.8) is 0 Å². The lowest BCUT2D eigenvalue weighted by molar-refractivity contribution is -0.137. The molecule has 0 aromatic carbocycles. The van der Waals surface area contributed by atoms with Gasteiger partial charge in [0.1, 0.15) is 0 Å². The van der Waals surface area contributed by atoms with Gasteiger partial charge in [-0.2, -0.15) is 0 Å². The van der Waals surface area contributed by atoms with E-state index in [0.29, 0.717) is 19.0 Å². The van der Waals surface area contributed by atoms with Gasteiger partial charge >= 0.3 is 12.0 Å². The predicted octanol–water partition coefficient (Wildman–Crippen LogP) is 1.53. The zero-order chi connectivity index (χ0) is 12.4. The maximum absolute atomic E-state index is 12.1. The van der Waals surface area contributed by atoms with Gasteiger partial charge < -0.3 is 14.9 Å². The van der Waals surface area contributed by atoms with Crippen LogP contribution in [-0.2, 0) is 4.79 Å². The lowest BCUT2D eigenvalue weighted by Crippen LogP contribution is -2.36. The molecule has 1 aliphatic heterocycles. The molecule has 0 bridgehead atoms. The molecule has 1 saturated heterocycles. The van der Waals surface area contributed by atoms with E-state index in [1.807, 2.05) is 4.90 Å². The standard InChI is InChI=1S/C12H20N2O3/c1-13-10(6-7-11(15)16)8-14(12(13)17)9-4-2-3-5-9/h9-10H,2-8H2,1H3,(H,15,16). The quantitative estimate of drug-likeness (QED) is 0.810. The van der Waals surface area contributed by atoms with Gasteiger partial charge in [-0.1, -0.05) is 12.8 Å². The number of amides is 2. The van der Waals surface area contributed by atoms with Crippen LogP contribution in [0.15, 0.2) is 0 Å². The number of rotatable bonds is 4. The van der Waals surface area contributed by atoms with Crippen molar-refractivity contribution in [2.45, 2.75) is 50.6 Å².